The minimum atomic E-state index is -4.59. The van der Waals surface area contributed by atoms with Crippen molar-refractivity contribution >= 4 is 17.5 Å². The van der Waals surface area contributed by atoms with Crippen molar-refractivity contribution in [3.8, 4) is 6.07 Å². The van der Waals surface area contributed by atoms with E-state index in [9.17, 15) is 22.8 Å². The Labute approximate surface area is 199 Å². The number of piperidine rings is 1. The van der Waals surface area contributed by atoms with Gasteiger partial charge >= 0.3 is 6.18 Å². The van der Waals surface area contributed by atoms with Crippen LogP contribution >= 0.6 is 0 Å². The Bertz CT molecular complexity index is 931. The first-order valence-electron chi connectivity index (χ1n) is 12.0. The molecule has 2 saturated heterocycles. The molecule has 2 heterocycles. The molecule has 9 heteroatoms. The summed E-state index contributed by atoms with van der Waals surface area (Å²) in [6, 6.07) is 5.46. The van der Waals surface area contributed by atoms with Crippen LogP contribution in [0.25, 0.3) is 0 Å². The van der Waals surface area contributed by atoms with Gasteiger partial charge < -0.3 is 15.1 Å². The molecule has 0 aromatic heterocycles. The molecule has 1 aromatic rings. The highest BCUT2D eigenvalue weighted by Gasteiger charge is 2.44. The maximum Gasteiger partial charge on any atom is 0.417 e. The molecule has 2 fully saturated rings. The van der Waals surface area contributed by atoms with Crippen molar-refractivity contribution in [1.29, 1.82) is 5.26 Å². The Morgan fingerprint density at radius 1 is 1.18 bits per heavy atom. The second-order valence-electron chi connectivity index (χ2n) is 9.31. The smallest absolute Gasteiger partial charge is 0.372 e. The molecule has 0 saturated carbocycles. The molecule has 6 nitrogen and oxygen atoms in total. The lowest BCUT2D eigenvalue weighted by molar-refractivity contribution is -0.138. The van der Waals surface area contributed by atoms with E-state index < -0.39 is 11.7 Å². The van der Waals surface area contributed by atoms with Crippen LogP contribution in [0.15, 0.2) is 18.2 Å². The molecule has 186 valence electrons. The van der Waals surface area contributed by atoms with Crippen molar-refractivity contribution in [2.45, 2.75) is 45.7 Å². The number of anilines is 1. The number of nitrogens with zero attached hydrogens (tertiary/aromatic N) is 3. The van der Waals surface area contributed by atoms with E-state index >= 15 is 0 Å². The molecule has 2 atom stereocenters. The summed E-state index contributed by atoms with van der Waals surface area (Å²) in [4.78, 5) is 29.3. The zero-order valence-corrected chi connectivity index (χ0v) is 20.0. The lowest BCUT2D eigenvalue weighted by atomic mass is 9.78. The third-order valence-corrected chi connectivity index (χ3v) is 7.53. The normalized spacial score (nSPS) is 21.6. The second-order valence-corrected chi connectivity index (χ2v) is 9.31. The third-order valence-electron chi connectivity index (χ3n) is 7.53. The fraction of sp³-hybridized carbons (Fsp3) is 0.640. The van der Waals surface area contributed by atoms with E-state index in [4.69, 9.17) is 5.26 Å². The zero-order chi connectivity index (χ0) is 25.0. The highest BCUT2D eigenvalue weighted by molar-refractivity contribution is 5.83. The summed E-state index contributed by atoms with van der Waals surface area (Å²) in [5.74, 6) is -0.0207. The molecule has 2 aliphatic rings. The maximum absolute atomic E-state index is 13.4. The number of hydrogen-bond donors (Lipinski definition) is 1. The van der Waals surface area contributed by atoms with E-state index in [1.54, 1.807) is 19.2 Å². The monoisotopic (exact) mass is 478 g/mol. The molecule has 1 aromatic carbocycles. The summed E-state index contributed by atoms with van der Waals surface area (Å²) in [6.07, 6.45) is -1.60. The standard InChI is InChI=1S/C25H33F3N4O2/c1-4-16(5-2)24(34)32-14-20(21(15-32)23(33)30-3)17-8-10-31(11-9-17)19-7-6-18(13-29)22(12-19)25(26,27)28/h6-7,12,16-17,20-21H,4-5,8-11,14-15H2,1-3H3,(H,30,33). The van der Waals surface area contributed by atoms with Gasteiger partial charge in [0.1, 0.15) is 0 Å². The SMILES string of the molecule is CCC(CC)C(=O)N1CC(C(=O)NC)C(C2CCN(c3ccc(C#N)c(C(F)(F)F)c3)CC2)C1. The first-order chi connectivity index (χ1) is 16.1. The van der Waals surface area contributed by atoms with Crippen LogP contribution in [-0.4, -0.2) is 49.9 Å². The second kappa shape index (κ2) is 10.7. The molecule has 1 N–H and O–H groups in total. The molecule has 0 bridgehead atoms. The predicted molar refractivity (Wildman–Crippen MR) is 123 cm³/mol. The van der Waals surface area contributed by atoms with Gasteiger partial charge in [-0.05, 0) is 55.7 Å². The summed E-state index contributed by atoms with van der Waals surface area (Å²) in [5.41, 5.74) is -0.849. The Hall–Kier alpha value is -2.76. The molecule has 2 aliphatic heterocycles. The van der Waals surface area contributed by atoms with Crippen LogP contribution < -0.4 is 10.2 Å². The molecule has 0 aliphatic carbocycles. The van der Waals surface area contributed by atoms with Crippen LogP contribution in [0, 0.1) is 35.0 Å². The molecule has 3 rings (SSSR count). The number of likely N-dealkylation sites (tertiary alicyclic amines) is 1. The number of halogens is 3. The topological polar surface area (TPSA) is 76.4 Å². The molecule has 2 unspecified atom stereocenters. The Morgan fingerprint density at radius 3 is 2.35 bits per heavy atom. The van der Waals surface area contributed by atoms with Gasteiger partial charge in [0.15, 0.2) is 0 Å². The molecule has 0 radical (unpaired) electrons. The van der Waals surface area contributed by atoms with Gasteiger partial charge in [-0.25, -0.2) is 0 Å². The minimum absolute atomic E-state index is 0.0344. The van der Waals surface area contributed by atoms with Crippen molar-refractivity contribution in [2.24, 2.45) is 23.7 Å². The van der Waals surface area contributed by atoms with E-state index in [1.807, 2.05) is 23.6 Å². The van der Waals surface area contributed by atoms with Crippen LogP contribution in [0.2, 0.25) is 0 Å². The molecular weight excluding hydrogens is 445 g/mol. The van der Waals surface area contributed by atoms with Crippen LogP contribution in [0.3, 0.4) is 0 Å². The van der Waals surface area contributed by atoms with E-state index in [-0.39, 0.29) is 41.0 Å². The summed E-state index contributed by atoms with van der Waals surface area (Å²) in [7, 11) is 1.61. The fourth-order valence-corrected chi connectivity index (χ4v) is 5.49. The summed E-state index contributed by atoms with van der Waals surface area (Å²) in [6.45, 7) is 6.09. The Balaban J connectivity index is 1.72. The number of amides is 2. The van der Waals surface area contributed by atoms with Crippen molar-refractivity contribution < 1.29 is 22.8 Å². The van der Waals surface area contributed by atoms with Gasteiger partial charge in [0.2, 0.25) is 11.8 Å². The van der Waals surface area contributed by atoms with Crippen molar-refractivity contribution in [3.05, 3.63) is 29.3 Å². The van der Waals surface area contributed by atoms with Gasteiger partial charge in [-0.15, -0.1) is 0 Å². The van der Waals surface area contributed by atoms with Gasteiger partial charge in [-0.3, -0.25) is 9.59 Å². The van der Waals surface area contributed by atoms with Gasteiger partial charge in [0.05, 0.1) is 23.1 Å². The highest BCUT2D eigenvalue weighted by Crippen LogP contribution is 2.39. The van der Waals surface area contributed by atoms with Gasteiger partial charge in [0, 0.05) is 44.8 Å². The van der Waals surface area contributed by atoms with Gasteiger partial charge in [0.25, 0.3) is 0 Å². The number of alkyl halides is 3. The van der Waals surface area contributed by atoms with Crippen molar-refractivity contribution in [2.75, 3.05) is 38.1 Å². The molecule has 2 amide bonds. The van der Waals surface area contributed by atoms with Crippen LogP contribution in [0.1, 0.15) is 50.7 Å². The number of rotatable bonds is 6. The summed E-state index contributed by atoms with van der Waals surface area (Å²) in [5, 5.41) is 11.8. The van der Waals surface area contributed by atoms with Crippen molar-refractivity contribution in [1.82, 2.24) is 10.2 Å². The molecule has 34 heavy (non-hydrogen) atoms. The van der Waals surface area contributed by atoms with Crippen LogP contribution in [0.5, 0.6) is 0 Å². The lowest BCUT2D eigenvalue weighted by Crippen LogP contribution is -2.41. The van der Waals surface area contributed by atoms with Gasteiger partial charge in [-0.2, -0.15) is 18.4 Å². The molecule has 0 spiro atoms. The zero-order valence-electron chi connectivity index (χ0n) is 20.0. The van der Waals surface area contributed by atoms with E-state index in [1.165, 1.54) is 6.07 Å². The lowest BCUT2D eigenvalue weighted by Gasteiger charge is -2.37. The minimum Gasteiger partial charge on any atom is -0.372 e. The first kappa shape index (κ1) is 25.9. The van der Waals surface area contributed by atoms with Crippen LogP contribution in [0.4, 0.5) is 18.9 Å². The fourth-order valence-electron chi connectivity index (χ4n) is 5.49. The maximum atomic E-state index is 13.4. The first-order valence-corrected chi connectivity index (χ1v) is 12.0. The average molecular weight is 479 g/mol. The van der Waals surface area contributed by atoms with E-state index in [0.29, 0.717) is 31.9 Å². The number of nitrogens with one attached hydrogen (secondary N) is 1. The van der Waals surface area contributed by atoms with E-state index in [0.717, 1.165) is 31.7 Å². The Morgan fingerprint density at radius 2 is 1.82 bits per heavy atom. The summed E-state index contributed by atoms with van der Waals surface area (Å²) < 4.78 is 40.1. The van der Waals surface area contributed by atoms with Crippen LogP contribution in [-0.2, 0) is 15.8 Å². The number of nitriles is 1. The number of benzene rings is 1. The molecular formula is C25H33F3N4O2. The Kier molecular flexibility index (Phi) is 8.11. The summed E-state index contributed by atoms with van der Waals surface area (Å²) >= 11 is 0. The largest absolute Gasteiger partial charge is 0.417 e. The predicted octanol–water partition coefficient (Wildman–Crippen LogP) is 4.05. The number of carbonyl (C=O) groups is 2. The third kappa shape index (κ3) is 5.31. The average Bonchev–Trinajstić information content (AvgIpc) is 3.29. The quantitative estimate of drug-likeness (QED) is 0.669. The van der Waals surface area contributed by atoms with E-state index in [2.05, 4.69) is 5.32 Å². The number of carbonyl (C=O) groups excluding carboxylic acids is 2. The highest BCUT2D eigenvalue weighted by atomic mass is 19.4. The van der Waals surface area contributed by atoms with Gasteiger partial charge in [-0.1, -0.05) is 13.8 Å². The van der Waals surface area contributed by atoms with Crippen molar-refractivity contribution in [3.63, 3.8) is 0 Å². The number of hydrogen-bond acceptors (Lipinski definition) is 4.